The molecule has 0 aliphatic rings. The molecule has 0 spiro atoms. The quantitative estimate of drug-likeness (QED) is 0.868. The molecule has 2 nitrogen and oxygen atoms in total. The van der Waals surface area contributed by atoms with Crippen molar-refractivity contribution in [3.05, 3.63) is 34.3 Å². The Bertz CT molecular complexity index is 282. The lowest BCUT2D eigenvalue weighted by Gasteiger charge is -2.21. The molecule has 0 saturated heterocycles. The van der Waals surface area contributed by atoms with Gasteiger partial charge in [-0.1, -0.05) is 28.1 Å². The molecule has 1 aromatic carbocycles. The zero-order valence-corrected chi connectivity index (χ0v) is 9.92. The Balaban J connectivity index is 2.50. The average molecular weight is 258 g/mol. The van der Waals surface area contributed by atoms with Gasteiger partial charge in [-0.25, -0.2) is 0 Å². The third kappa shape index (κ3) is 3.78. The van der Waals surface area contributed by atoms with E-state index >= 15 is 0 Å². The van der Waals surface area contributed by atoms with Crippen LogP contribution in [-0.4, -0.2) is 17.3 Å². The molecule has 0 radical (unpaired) electrons. The van der Waals surface area contributed by atoms with Crippen molar-refractivity contribution in [3.8, 4) is 0 Å². The summed E-state index contributed by atoms with van der Waals surface area (Å²) in [5, 5.41) is 8.98. The molecule has 1 rings (SSSR count). The first kappa shape index (κ1) is 11.7. The predicted molar refractivity (Wildman–Crippen MR) is 62.1 cm³/mol. The molecular weight excluding hydrogens is 242 g/mol. The Hall–Kier alpha value is -0.380. The zero-order valence-electron chi connectivity index (χ0n) is 8.33. The number of rotatable bonds is 4. The monoisotopic (exact) mass is 257 g/mol. The van der Waals surface area contributed by atoms with Crippen LogP contribution in [0.5, 0.6) is 0 Å². The highest BCUT2D eigenvalue weighted by atomic mass is 79.9. The molecule has 0 amide bonds. The van der Waals surface area contributed by atoms with Gasteiger partial charge in [0.2, 0.25) is 0 Å². The minimum atomic E-state index is -0.465. The van der Waals surface area contributed by atoms with Gasteiger partial charge in [0.05, 0.1) is 6.61 Å². The van der Waals surface area contributed by atoms with Crippen molar-refractivity contribution in [2.24, 2.45) is 5.73 Å². The molecule has 0 heterocycles. The van der Waals surface area contributed by atoms with Crippen LogP contribution >= 0.6 is 15.9 Å². The van der Waals surface area contributed by atoms with E-state index < -0.39 is 5.54 Å². The molecule has 1 aromatic rings. The van der Waals surface area contributed by atoms with Crippen LogP contribution in [0.2, 0.25) is 0 Å². The van der Waals surface area contributed by atoms with Gasteiger partial charge < -0.3 is 10.8 Å². The van der Waals surface area contributed by atoms with E-state index in [1.54, 1.807) is 0 Å². The van der Waals surface area contributed by atoms with Gasteiger partial charge >= 0.3 is 0 Å². The molecule has 14 heavy (non-hydrogen) atoms. The van der Waals surface area contributed by atoms with E-state index in [2.05, 4.69) is 28.1 Å². The highest BCUT2D eigenvalue weighted by molar-refractivity contribution is 9.10. The molecule has 1 atom stereocenters. The molecule has 1 unspecified atom stereocenters. The number of aliphatic hydroxyl groups is 1. The first-order valence-electron chi connectivity index (χ1n) is 4.68. The van der Waals surface area contributed by atoms with Crippen LogP contribution in [0.15, 0.2) is 28.7 Å². The summed E-state index contributed by atoms with van der Waals surface area (Å²) in [6, 6.07) is 8.17. The van der Waals surface area contributed by atoms with Crippen molar-refractivity contribution in [3.63, 3.8) is 0 Å². The summed E-state index contributed by atoms with van der Waals surface area (Å²) < 4.78 is 1.08. The largest absolute Gasteiger partial charge is 0.394 e. The fraction of sp³-hybridized carbons (Fsp3) is 0.455. The van der Waals surface area contributed by atoms with E-state index in [-0.39, 0.29) is 6.61 Å². The van der Waals surface area contributed by atoms with E-state index in [0.29, 0.717) is 0 Å². The molecule has 78 valence electrons. The first-order chi connectivity index (χ1) is 6.53. The Morgan fingerprint density at radius 3 is 2.43 bits per heavy atom. The van der Waals surface area contributed by atoms with E-state index in [4.69, 9.17) is 10.8 Å². The summed E-state index contributed by atoms with van der Waals surface area (Å²) in [7, 11) is 0. The summed E-state index contributed by atoms with van der Waals surface area (Å²) >= 11 is 3.39. The topological polar surface area (TPSA) is 46.2 Å². The number of hydrogen-bond acceptors (Lipinski definition) is 2. The fourth-order valence-corrected chi connectivity index (χ4v) is 1.42. The molecule has 0 aromatic heterocycles. The summed E-state index contributed by atoms with van der Waals surface area (Å²) in [5.41, 5.74) is 6.62. The maximum atomic E-state index is 8.98. The Morgan fingerprint density at radius 2 is 1.93 bits per heavy atom. The zero-order chi connectivity index (χ0) is 10.6. The lowest BCUT2D eigenvalue weighted by molar-refractivity contribution is 0.200. The van der Waals surface area contributed by atoms with Crippen LogP contribution in [0, 0.1) is 0 Å². The van der Waals surface area contributed by atoms with Gasteiger partial charge in [-0.2, -0.15) is 0 Å². The number of hydrogen-bond donors (Lipinski definition) is 2. The molecule has 0 bridgehead atoms. The van der Waals surface area contributed by atoms with Gasteiger partial charge in [0.15, 0.2) is 0 Å². The Kier molecular flexibility index (Phi) is 4.11. The number of nitrogens with two attached hydrogens (primary N) is 1. The first-order valence-corrected chi connectivity index (χ1v) is 5.47. The van der Waals surface area contributed by atoms with E-state index in [9.17, 15) is 0 Å². The third-order valence-corrected chi connectivity index (χ3v) is 2.79. The number of aliphatic hydroxyl groups excluding tert-OH is 1. The number of benzene rings is 1. The fourth-order valence-electron chi connectivity index (χ4n) is 1.16. The maximum absolute atomic E-state index is 8.98. The Labute approximate surface area is 93.3 Å². The highest BCUT2D eigenvalue weighted by Gasteiger charge is 2.16. The second kappa shape index (κ2) is 4.91. The number of halogens is 1. The van der Waals surface area contributed by atoms with Crippen molar-refractivity contribution in [1.29, 1.82) is 0 Å². The third-order valence-electron chi connectivity index (χ3n) is 2.26. The van der Waals surface area contributed by atoms with Gasteiger partial charge in [0, 0.05) is 10.0 Å². The molecule has 0 fully saturated rings. The summed E-state index contributed by atoms with van der Waals surface area (Å²) in [5.74, 6) is 0. The maximum Gasteiger partial charge on any atom is 0.0608 e. The molecule has 3 N–H and O–H groups in total. The van der Waals surface area contributed by atoms with Crippen LogP contribution < -0.4 is 5.73 Å². The van der Waals surface area contributed by atoms with Gasteiger partial charge in [0.25, 0.3) is 0 Å². The van der Waals surface area contributed by atoms with Gasteiger partial charge in [-0.05, 0) is 37.5 Å². The SMILES string of the molecule is CC(N)(CO)CCc1ccc(Br)cc1. The van der Waals surface area contributed by atoms with Gasteiger partial charge in [0.1, 0.15) is 0 Å². The van der Waals surface area contributed by atoms with Crippen LogP contribution in [0.25, 0.3) is 0 Å². The average Bonchev–Trinajstić information content (AvgIpc) is 2.17. The number of aryl methyl sites for hydroxylation is 1. The molecule has 0 aliphatic carbocycles. The van der Waals surface area contributed by atoms with E-state index in [1.807, 2.05) is 19.1 Å². The van der Waals surface area contributed by atoms with Crippen LogP contribution in [0.4, 0.5) is 0 Å². The molecule has 3 heteroatoms. The molecule has 0 saturated carbocycles. The predicted octanol–water partition coefficient (Wildman–Crippen LogP) is 2.09. The molecule has 0 aliphatic heterocycles. The van der Waals surface area contributed by atoms with Crippen molar-refractivity contribution >= 4 is 15.9 Å². The minimum Gasteiger partial charge on any atom is -0.394 e. The van der Waals surface area contributed by atoms with Gasteiger partial charge in [-0.3, -0.25) is 0 Å². The minimum absolute atomic E-state index is 0.0313. The van der Waals surface area contributed by atoms with Crippen molar-refractivity contribution < 1.29 is 5.11 Å². The normalized spacial score (nSPS) is 15.1. The standard InChI is InChI=1S/C11H16BrNO/c1-11(13,8-14)7-6-9-2-4-10(12)5-3-9/h2-5,14H,6-8,13H2,1H3. The van der Waals surface area contributed by atoms with Crippen molar-refractivity contribution in [2.75, 3.05) is 6.61 Å². The smallest absolute Gasteiger partial charge is 0.0608 e. The lowest BCUT2D eigenvalue weighted by atomic mass is 9.95. The van der Waals surface area contributed by atoms with Gasteiger partial charge in [-0.15, -0.1) is 0 Å². The Morgan fingerprint density at radius 1 is 1.36 bits per heavy atom. The van der Waals surface area contributed by atoms with E-state index in [0.717, 1.165) is 17.3 Å². The van der Waals surface area contributed by atoms with Crippen molar-refractivity contribution in [2.45, 2.75) is 25.3 Å². The summed E-state index contributed by atoms with van der Waals surface area (Å²) in [6.07, 6.45) is 1.70. The van der Waals surface area contributed by atoms with Crippen molar-refractivity contribution in [1.82, 2.24) is 0 Å². The highest BCUT2D eigenvalue weighted by Crippen LogP contribution is 2.14. The summed E-state index contributed by atoms with van der Waals surface area (Å²) in [4.78, 5) is 0. The van der Waals surface area contributed by atoms with Crippen LogP contribution in [-0.2, 0) is 6.42 Å². The van der Waals surface area contributed by atoms with Crippen LogP contribution in [0.1, 0.15) is 18.9 Å². The van der Waals surface area contributed by atoms with E-state index in [1.165, 1.54) is 5.56 Å². The molecular formula is C11H16BrNO. The van der Waals surface area contributed by atoms with Crippen LogP contribution in [0.3, 0.4) is 0 Å². The second-order valence-electron chi connectivity index (χ2n) is 3.94. The second-order valence-corrected chi connectivity index (χ2v) is 4.85. The lowest BCUT2D eigenvalue weighted by Crippen LogP contribution is -2.40. The summed E-state index contributed by atoms with van der Waals surface area (Å²) in [6.45, 7) is 1.90.